The molecule has 0 aliphatic heterocycles. The largest absolute Gasteiger partial charge is 0.432 e. The van der Waals surface area contributed by atoms with E-state index in [2.05, 4.69) is 9.97 Å². The molecule has 0 bridgehead atoms. The minimum atomic E-state index is -0.625. The van der Waals surface area contributed by atoms with Crippen molar-refractivity contribution in [1.29, 1.82) is 5.26 Å². The first-order chi connectivity index (χ1) is 10.0. The van der Waals surface area contributed by atoms with Crippen molar-refractivity contribution in [1.82, 2.24) is 9.97 Å². The summed E-state index contributed by atoms with van der Waals surface area (Å²) in [6, 6.07) is 7.10. The van der Waals surface area contributed by atoms with Gasteiger partial charge in [0.2, 0.25) is 11.6 Å². The van der Waals surface area contributed by atoms with Crippen molar-refractivity contribution in [2.45, 2.75) is 13.3 Å². The third kappa shape index (κ3) is 3.43. The summed E-state index contributed by atoms with van der Waals surface area (Å²) in [5.41, 5.74) is -0.147. The molecule has 0 aliphatic carbocycles. The SMILES string of the molecule is CCc1nc(Cl)cc(Oc2ccc(C#N)cc2[N+](=O)[O-])n1. The maximum Gasteiger partial charge on any atom is 0.312 e. The number of hydrogen-bond acceptors (Lipinski definition) is 6. The van der Waals surface area contributed by atoms with Gasteiger partial charge in [-0.1, -0.05) is 18.5 Å². The number of nitro benzene ring substituents is 1. The molecule has 106 valence electrons. The highest BCUT2D eigenvalue weighted by molar-refractivity contribution is 6.29. The number of nitrogens with zero attached hydrogens (tertiary/aromatic N) is 4. The number of nitro groups is 1. The summed E-state index contributed by atoms with van der Waals surface area (Å²) >= 11 is 5.84. The zero-order chi connectivity index (χ0) is 15.4. The topological polar surface area (TPSA) is 102 Å². The lowest BCUT2D eigenvalue weighted by molar-refractivity contribution is -0.385. The molecule has 0 saturated heterocycles. The summed E-state index contributed by atoms with van der Waals surface area (Å²) in [5, 5.41) is 20.0. The van der Waals surface area contributed by atoms with E-state index in [1.807, 2.05) is 13.0 Å². The molecule has 2 rings (SSSR count). The number of rotatable bonds is 4. The van der Waals surface area contributed by atoms with E-state index >= 15 is 0 Å². The number of hydrogen-bond donors (Lipinski definition) is 0. The average Bonchev–Trinajstić information content (AvgIpc) is 2.46. The van der Waals surface area contributed by atoms with Crippen LogP contribution in [0.2, 0.25) is 5.15 Å². The second-order valence-electron chi connectivity index (χ2n) is 3.95. The molecule has 1 heterocycles. The predicted octanol–water partition coefficient (Wildman–Crippen LogP) is 3.26. The first kappa shape index (κ1) is 14.7. The lowest BCUT2D eigenvalue weighted by Crippen LogP contribution is -1.99. The van der Waals surface area contributed by atoms with Gasteiger partial charge in [0.05, 0.1) is 16.6 Å². The van der Waals surface area contributed by atoms with Gasteiger partial charge in [0.15, 0.2) is 0 Å². The van der Waals surface area contributed by atoms with Gasteiger partial charge in [-0.05, 0) is 12.1 Å². The second-order valence-corrected chi connectivity index (χ2v) is 4.34. The molecule has 0 radical (unpaired) electrons. The Morgan fingerprint density at radius 1 is 1.43 bits per heavy atom. The molecule has 0 atom stereocenters. The van der Waals surface area contributed by atoms with Gasteiger partial charge in [-0.25, -0.2) is 4.98 Å². The second kappa shape index (κ2) is 6.15. The molecule has 1 aromatic heterocycles. The van der Waals surface area contributed by atoms with Crippen LogP contribution >= 0.6 is 11.6 Å². The molecular weight excluding hydrogens is 296 g/mol. The van der Waals surface area contributed by atoms with E-state index in [-0.39, 0.29) is 28.0 Å². The van der Waals surface area contributed by atoms with Gasteiger partial charge in [-0.3, -0.25) is 10.1 Å². The van der Waals surface area contributed by atoms with E-state index < -0.39 is 4.92 Å². The van der Waals surface area contributed by atoms with Crippen molar-refractivity contribution < 1.29 is 9.66 Å². The lowest BCUT2D eigenvalue weighted by Gasteiger charge is -2.07. The molecule has 8 heteroatoms. The van der Waals surface area contributed by atoms with Crippen molar-refractivity contribution in [2.75, 3.05) is 0 Å². The van der Waals surface area contributed by atoms with Crippen LogP contribution in [0, 0.1) is 21.4 Å². The number of benzene rings is 1. The first-order valence-corrected chi connectivity index (χ1v) is 6.31. The van der Waals surface area contributed by atoms with Crippen LogP contribution in [0.1, 0.15) is 18.3 Å². The average molecular weight is 305 g/mol. The summed E-state index contributed by atoms with van der Waals surface area (Å²) < 4.78 is 5.41. The smallest absolute Gasteiger partial charge is 0.312 e. The molecule has 7 nitrogen and oxygen atoms in total. The van der Waals surface area contributed by atoms with Crippen LogP contribution in [0.3, 0.4) is 0 Å². The highest BCUT2D eigenvalue weighted by atomic mass is 35.5. The van der Waals surface area contributed by atoms with Gasteiger partial charge in [0.1, 0.15) is 11.0 Å². The van der Waals surface area contributed by atoms with Crippen LogP contribution in [0.5, 0.6) is 11.6 Å². The molecule has 0 fully saturated rings. The molecule has 1 aromatic carbocycles. The van der Waals surface area contributed by atoms with Crippen LogP contribution < -0.4 is 4.74 Å². The summed E-state index contributed by atoms with van der Waals surface area (Å²) in [7, 11) is 0. The molecular formula is C13H9ClN4O3. The molecule has 0 amide bonds. The van der Waals surface area contributed by atoms with Gasteiger partial charge >= 0.3 is 5.69 Å². The van der Waals surface area contributed by atoms with Crippen molar-refractivity contribution in [3.05, 3.63) is 50.9 Å². The summed E-state index contributed by atoms with van der Waals surface area (Å²) in [6.45, 7) is 1.85. The Balaban J connectivity index is 2.42. The Morgan fingerprint density at radius 2 is 2.19 bits per heavy atom. The predicted molar refractivity (Wildman–Crippen MR) is 74.3 cm³/mol. The summed E-state index contributed by atoms with van der Waals surface area (Å²) in [4.78, 5) is 18.5. The van der Waals surface area contributed by atoms with Crippen LogP contribution in [-0.2, 0) is 6.42 Å². The number of halogens is 1. The Bertz CT molecular complexity index is 743. The van der Waals surface area contributed by atoms with E-state index in [9.17, 15) is 10.1 Å². The molecule has 2 aromatic rings. The summed E-state index contributed by atoms with van der Waals surface area (Å²) in [6.07, 6.45) is 0.548. The van der Waals surface area contributed by atoms with Gasteiger partial charge < -0.3 is 4.74 Å². The number of aromatic nitrogens is 2. The van der Waals surface area contributed by atoms with Crippen LogP contribution in [-0.4, -0.2) is 14.9 Å². The van der Waals surface area contributed by atoms with E-state index in [1.165, 1.54) is 18.2 Å². The maximum absolute atomic E-state index is 11.0. The molecule has 0 aliphatic rings. The number of aryl methyl sites for hydroxylation is 1. The highest BCUT2D eigenvalue weighted by Crippen LogP contribution is 2.31. The van der Waals surface area contributed by atoms with E-state index in [4.69, 9.17) is 21.6 Å². The van der Waals surface area contributed by atoms with Gasteiger partial charge in [-0.15, -0.1) is 0 Å². The number of ether oxygens (including phenoxy) is 1. The van der Waals surface area contributed by atoms with Gasteiger partial charge in [0, 0.05) is 18.6 Å². The molecule has 0 N–H and O–H groups in total. The summed E-state index contributed by atoms with van der Waals surface area (Å²) in [5.74, 6) is 0.560. The van der Waals surface area contributed by atoms with Crippen molar-refractivity contribution in [3.8, 4) is 17.7 Å². The Kier molecular flexibility index (Phi) is 4.30. The van der Waals surface area contributed by atoms with Crippen molar-refractivity contribution in [2.24, 2.45) is 0 Å². The van der Waals surface area contributed by atoms with Gasteiger partial charge in [-0.2, -0.15) is 10.2 Å². The quantitative estimate of drug-likeness (QED) is 0.488. The van der Waals surface area contributed by atoms with Gasteiger partial charge in [0.25, 0.3) is 0 Å². The van der Waals surface area contributed by atoms with Crippen LogP contribution in [0.4, 0.5) is 5.69 Å². The van der Waals surface area contributed by atoms with E-state index in [0.717, 1.165) is 6.07 Å². The Labute approximate surface area is 124 Å². The molecule has 0 spiro atoms. The fraction of sp³-hybridized carbons (Fsp3) is 0.154. The molecule has 0 unspecified atom stereocenters. The highest BCUT2D eigenvalue weighted by Gasteiger charge is 2.18. The zero-order valence-electron chi connectivity index (χ0n) is 10.9. The standard InChI is InChI=1S/C13H9ClN4O3/c1-2-12-16-11(14)6-13(17-12)21-10-4-3-8(7-15)5-9(10)18(19)20/h3-6H,2H2,1H3. The Morgan fingerprint density at radius 3 is 2.81 bits per heavy atom. The fourth-order valence-corrected chi connectivity index (χ4v) is 1.77. The fourth-order valence-electron chi connectivity index (χ4n) is 1.58. The van der Waals surface area contributed by atoms with Crippen molar-refractivity contribution >= 4 is 17.3 Å². The minimum absolute atomic E-state index is 0.0178. The van der Waals surface area contributed by atoms with Crippen LogP contribution in [0.25, 0.3) is 0 Å². The number of nitriles is 1. The van der Waals surface area contributed by atoms with Crippen molar-refractivity contribution in [3.63, 3.8) is 0 Å². The zero-order valence-corrected chi connectivity index (χ0v) is 11.7. The molecule has 0 saturated carbocycles. The Hall–Kier alpha value is -2.72. The third-order valence-electron chi connectivity index (χ3n) is 2.53. The minimum Gasteiger partial charge on any atom is -0.432 e. The normalized spacial score (nSPS) is 9.95. The monoisotopic (exact) mass is 304 g/mol. The van der Waals surface area contributed by atoms with E-state index in [1.54, 1.807) is 0 Å². The van der Waals surface area contributed by atoms with Crippen LogP contribution in [0.15, 0.2) is 24.3 Å². The van der Waals surface area contributed by atoms with E-state index in [0.29, 0.717) is 12.2 Å². The lowest BCUT2D eigenvalue weighted by atomic mass is 10.2. The first-order valence-electron chi connectivity index (χ1n) is 5.93. The third-order valence-corrected chi connectivity index (χ3v) is 2.73. The molecule has 21 heavy (non-hydrogen) atoms. The maximum atomic E-state index is 11.0.